The monoisotopic (exact) mass is 353 g/mol. The molecule has 25 heavy (non-hydrogen) atoms. The van der Waals surface area contributed by atoms with Gasteiger partial charge in [0.2, 0.25) is 0 Å². The van der Waals surface area contributed by atoms with E-state index in [0.717, 1.165) is 24.4 Å². The number of rotatable bonds is 6. The molecule has 0 saturated carbocycles. The maximum Gasteiger partial charge on any atom is 0.173 e. The van der Waals surface area contributed by atoms with E-state index in [1.54, 1.807) is 19.2 Å². The normalized spacial score (nSPS) is 11.3. The Bertz CT molecular complexity index is 752. The minimum atomic E-state index is 0.248. The molecule has 0 aliphatic carbocycles. The first-order valence-electron chi connectivity index (χ1n) is 8.28. The number of nitrogens with one attached hydrogen (secondary N) is 1. The number of hydrogen-bond acceptors (Lipinski definition) is 3. The Hall–Kier alpha value is -2.58. The molecule has 0 spiro atoms. The second-order valence-corrected chi connectivity index (χ2v) is 6.20. The Labute approximate surface area is 155 Å². The molecule has 0 aliphatic heterocycles. The molecular weight excluding hydrogens is 330 g/mol. The van der Waals surface area contributed by atoms with Crippen LogP contribution in [-0.2, 0) is 6.42 Å². The Morgan fingerprint density at radius 2 is 2.00 bits per heavy atom. The van der Waals surface area contributed by atoms with Gasteiger partial charge in [0.05, 0.1) is 18.7 Å². The number of hydrogen-bond donors (Lipinski definition) is 1. The van der Waals surface area contributed by atoms with Crippen molar-refractivity contribution in [2.24, 2.45) is 0 Å². The van der Waals surface area contributed by atoms with Crippen molar-refractivity contribution in [1.29, 1.82) is 5.26 Å². The van der Waals surface area contributed by atoms with E-state index in [2.05, 4.69) is 42.3 Å². The fourth-order valence-corrected chi connectivity index (χ4v) is 3.16. The molecule has 0 amide bonds. The van der Waals surface area contributed by atoms with Gasteiger partial charge in [0.25, 0.3) is 0 Å². The summed E-state index contributed by atoms with van der Waals surface area (Å²) in [5.74, 6) is 0.860. The van der Waals surface area contributed by atoms with Crippen molar-refractivity contribution in [2.75, 3.05) is 19.0 Å². The molecule has 0 radical (unpaired) electrons. The van der Waals surface area contributed by atoms with Gasteiger partial charge in [0, 0.05) is 18.3 Å². The van der Waals surface area contributed by atoms with Crippen molar-refractivity contribution in [3.8, 4) is 11.8 Å². The van der Waals surface area contributed by atoms with Crippen LogP contribution < -0.4 is 10.1 Å². The van der Waals surface area contributed by atoms with Crippen molar-refractivity contribution >= 4 is 23.0 Å². The molecule has 1 N–H and O–H groups in total. The SMILES string of the molecule is CCN(C(=S)Nc1cccc(C#N)c1)C(C)Cc1ccc(OC)cc1. The van der Waals surface area contributed by atoms with Gasteiger partial charge in [-0.05, 0) is 68.4 Å². The van der Waals surface area contributed by atoms with E-state index in [1.165, 1.54) is 5.56 Å². The standard InChI is InChI=1S/C20H23N3OS/c1-4-23(15(2)12-16-8-10-19(24-3)11-9-16)20(25)22-18-7-5-6-17(13-18)14-21/h5-11,13,15H,4,12H2,1-3H3,(H,22,25). The maximum absolute atomic E-state index is 9.01. The molecule has 2 rings (SSSR count). The second kappa shape index (κ2) is 9.05. The topological polar surface area (TPSA) is 48.3 Å². The number of ether oxygens (including phenoxy) is 1. The van der Waals surface area contributed by atoms with Crippen LogP contribution in [0.5, 0.6) is 5.75 Å². The molecule has 130 valence electrons. The summed E-state index contributed by atoms with van der Waals surface area (Å²) >= 11 is 5.58. The molecule has 0 aromatic heterocycles. The van der Waals surface area contributed by atoms with Gasteiger partial charge in [-0.15, -0.1) is 0 Å². The molecule has 0 aliphatic rings. The summed E-state index contributed by atoms with van der Waals surface area (Å²) in [4.78, 5) is 2.15. The molecular formula is C20H23N3OS. The number of methoxy groups -OCH3 is 1. The number of nitriles is 1. The zero-order chi connectivity index (χ0) is 18.2. The lowest BCUT2D eigenvalue weighted by Gasteiger charge is -2.31. The maximum atomic E-state index is 9.01. The predicted octanol–water partition coefficient (Wildman–Crippen LogP) is 4.22. The van der Waals surface area contributed by atoms with Gasteiger partial charge in [-0.25, -0.2) is 0 Å². The lowest BCUT2D eigenvalue weighted by atomic mass is 10.1. The summed E-state index contributed by atoms with van der Waals surface area (Å²) in [5, 5.41) is 12.9. The molecule has 0 saturated heterocycles. The Kier molecular flexibility index (Phi) is 6.79. The Morgan fingerprint density at radius 1 is 1.28 bits per heavy atom. The molecule has 0 bridgehead atoms. The summed E-state index contributed by atoms with van der Waals surface area (Å²) in [5.41, 5.74) is 2.68. The van der Waals surface area contributed by atoms with Crippen molar-refractivity contribution in [1.82, 2.24) is 4.90 Å². The fourth-order valence-electron chi connectivity index (χ4n) is 2.73. The summed E-state index contributed by atoms with van der Waals surface area (Å²) in [6.07, 6.45) is 0.887. The summed E-state index contributed by atoms with van der Waals surface area (Å²) < 4.78 is 5.20. The molecule has 2 aromatic rings. The van der Waals surface area contributed by atoms with Crippen molar-refractivity contribution < 1.29 is 4.74 Å². The lowest BCUT2D eigenvalue weighted by Crippen LogP contribution is -2.42. The highest BCUT2D eigenvalue weighted by Gasteiger charge is 2.16. The van der Waals surface area contributed by atoms with Crippen LogP contribution in [-0.4, -0.2) is 29.7 Å². The minimum absolute atomic E-state index is 0.248. The Balaban J connectivity index is 2.03. The molecule has 5 heteroatoms. The first-order valence-corrected chi connectivity index (χ1v) is 8.69. The van der Waals surface area contributed by atoms with Crippen LogP contribution in [0.15, 0.2) is 48.5 Å². The quantitative estimate of drug-likeness (QED) is 0.788. The van der Waals surface area contributed by atoms with E-state index in [9.17, 15) is 0 Å². The number of anilines is 1. The van der Waals surface area contributed by atoms with Gasteiger partial charge in [-0.1, -0.05) is 18.2 Å². The summed E-state index contributed by atoms with van der Waals surface area (Å²) in [6.45, 7) is 5.05. The molecule has 1 atom stereocenters. The van der Waals surface area contributed by atoms with Crippen LogP contribution >= 0.6 is 12.2 Å². The third kappa shape index (κ3) is 5.20. The van der Waals surface area contributed by atoms with Gasteiger partial charge in [0.1, 0.15) is 5.75 Å². The average Bonchev–Trinajstić information content (AvgIpc) is 2.63. The van der Waals surface area contributed by atoms with Crippen LogP contribution in [0.4, 0.5) is 5.69 Å². The number of likely N-dealkylation sites (N-methyl/N-ethyl adjacent to an activating group) is 1. The van der Waals surface area contributed by atoms with E-state index in [4.69, 9.17) is 22.2 Å². The minimum Gasteiger partial charge on any atom is -0.497 e. The van der Waals surface area contributed by atoms with Gasteiger partial charge in [-0.3, -0.25) is 0 Å². The van der Waals surface area contributed by atoms with Crippen LogP contribution in [0.25, 0.3) is 0 Å². The van der Waals surface area contributed by atoms with Crippen LogP contribution in [0.2, 0.25) is 0 Å². The highest BCUT2D eigenvalue weighted by molar-refractivity contribution is 7.80. The number of nitrogens with zero attached hydrogens (tertiary/aromatic N) is 2. The summed E-state index contributed by atoms with van der Waals surface area (Å²) in [6, 6.07) is 17.8. The highest BCUT2D eigenvalue weighted by Crippen LogP contribution is 2.16. The van der Waals surface area contributed by atoms with Crippen LogP contribution in [0.3, 0.4) is 0 Å². The summed E-state index contributed by atoms with van der Waals surface area (Å²) in [7, 11) is 1.67. The zero-order valence-corrected chi connectivity index (χ0v) is 15.6. The Morgan fingerprint density at radius 3 is 2.60 bits per heavy atom. The second-order valence-electron chi connectivity index (χ2n) is 5.81. The largest absolute Gasteiger partial charge is 0.497 e. The van der Waals surface area contributed by atoms with Gasteiger partial charge in [0.15, 0.2) is 5.11 Å². The van der Waals surface area contributed by atoms with Gasteiger partial charge < -0.3 is 15.0 Å². The third-order valence-electron chi connectivity index (χ3n) is 4.07. The van der Waals surface area contributed by atoms with E-state index >= 15 is 0 Å². The highest BCUT2D eigenvalue weighted by atomic mass is 32.1. The van der Waals surface area contributed by atoms with E-state index < -0.39 is 0 Å². The van der Waals surface area contributed by atoms with Gasteiger partial charge in [-0.2, -0.15) is 5.26 Å². The smallest absolute Gasteiger partial charge is 0.173 e. The molecule has 4 nitrogen and oxygen atoms in total. The van der Waals surface area contributed by atoms with Crippen molar-refractivity contribution in [3.05, 3.63) is 59.7 Å². The molecule has 1 unspecified atom stereocenters. The van der Waals surface area contributed by atoms with E-state index in [0.29, 0.717) is 10.7 Å². The number of thiocarbonyl (C=S) groups is 1. The molecule has 2 aromatic carbocycles. The van der Waals surface area contributed by atoms with Gasteiger partial charge >= 0.3 is 0 Å². The lowest BCUT2D eigenvalue weighted by molar-refractivity contribution is 0.347. The van der Waals surface area contributed by atoms with Crippen LogP contribution in [0, 0.1) is 11.3 Å². The first kappa shape index (κ1) is 18.8. The van der Waals surface area contributed by atoms with E-state index in [1.807, 2.05) is 24.3 Å². The third-order valence-corrected chi connectivity index (χ3v) is 4.40. The van der Waals surface area contributed by atoms with Crippen molar-refractivity contribution in [3.63, 3.8) is 0 Å². The number of benzene rings is 2. The first-order chi connectivity index (χ1) is 12.1. The van der Waals surface area contributed by atoms with E-state index in [-0.39, 0.29) is 6.04 Å². The average molecular weight is 353 g/mol. The molecule has 0 fully saturated rings. The zero-order valence-electron chi connectivity index (χ0n) is 14.8. The fraction of sp³-hybridized carbons (Fsp3) is 0.300. The predicted molar refractivity (Wildman–Crippen MR) is 106 cm³/mol. The van der Waals surface area contributed by atoms with Crippen molar-refractivity contribution in [2.45, 2.75) is 26.3 Å². The molecule has 0 heterocycles. The van der Waals surface area contributed by atoms with Crippen LogP contribution in [0.1, 0.15) is 25.0 Å².